The number of Topliss-reactive ketones (excluding diaryl/α,β-unsaturated/α-hetero) is 1. The van der Waals surface area contributed by atoms with Gasteiger partial charge >= 0.3 is 11.9 Å². The van der Waals surface area contributed by atoms with Crippen LogP contribution in [-0.4, -0.2) is 41.5 Å². The second-order valence-electron chi connectivity index (χ2n) is 7.56. The number of aromatic nitrogens is 1. The topological polar surface area (TPSA) is 106 Å². The maximum atomic E-state index is 13.3. The van der Waals surface area contributed by atoms with Crippen LogP contribution in [0.2, 0.25) is 5.02 Å². The van der Waals surface area contributed by atoms with Gasteiger partial charge in [-0.15, -0.1) is 0 Å². The van der Waals surface area contributed by atoms with Crippen LogP contribution in [0.5, 0.6) is 5.75 Å². The summed E-state index contributed by atoms with van der Waals surface area (Å²) in [6, 6.07) is 12.4. The lowest BCUT2D eigenvalue weighted by Crippen LogP contribution is -2.29. The molecule has 1 amide bonds. The van der Waals surface area contributed by atoms with Crippen LogP contribution in [0.25, 0.3) is 5.76 Å². The summed E-state index contributed by atoms with van der Waals surface area (Å²) < 4.78 is 10.2. The molecule has 1 aromatic heterocycles. The molecule has 2 heterocycles. The van der Waals surface area contributed by atoms with Gasteiger partial charge in [0.1, 0.15) is 16.4 Å². The van der Waals surface area contributed by atoms with Crippen molar-refractivity contribution in [2.24, 2.45) is 0 Å². The molecule has 35 heavy (non-hydrogen) atoms. The van der Waals surface area contributed by atoms with Crippen LogP contribution in [0.15, 0.2) is 54.1 Å². The van der Waals surface area contributed by atoms with Crippen molar-refractivity contribution in [2.45, 2.75) is 19.9 Å². The number of aryl methyl sites for hydroxylation is 1. The van der Waals surface area contributed by atoms with Gasteiger partial charge in [-0.2, -0.15) is 0 Å². The normalized spacial score (nSPS) is 17.0. The summed E-state index contributed by atoms with van der Waals surface area (Å²) in [5.74, 6) is -2.30. The number of esters is 1. The first-order valence-electron chi connectivity index (χ1n) is 10.6. The Morgan fingerprint density at radius 1 is 1.20 bits per heavy atom. The zero-order valence-corrected chi connectivity index (χ0v) is 20.6. The predicted molar refractivity (Wildman–Crippen MR) is 132 cm³/mol. The number of methoxy groups -OCH3 is 1. The van der Waals surface area contributed by atoms with Crippen LogP contribution in [0.1, 0.15) is 39.5 Å². The highest BCUT2D eigenvalue weighted by Crippen LogP contribution is 2.44. The van der Waals surface area contributed by atoms with Crippen LogP contribution in [0.4, 0.5) is 5.13 Å². The van der Waals surface area contributed by atoms with Crippen molar-refractivity contribution in [1.29, 1.82) is 0 Å². The highest BCUT2D eigenvalue weighted by Gasteiger charge is 2.48. The first-order chi connectivity index (χ1) is 16.8. The molecule has 1 saturated heterocycles. The molecule has 0 unspecified atom stereocenters. The minimum Gasteiger partial charge on any atom is -0.507 e. The molecule has 10 heteroatoms. The number of ether oxygens (including phenoxy) is 2. The Hall–Kier alpha value is -3.69. The average Bonchev–Trinajstić information content (AvgIpc) is 3.36. The summed E-state index contributed by atoms with van der Waals surface area (Å²) in [6.45, 7) is 3.50. The number of aliphatic hydroxyl groups is 1. The van der Waals surface area contributed by atoms with Crippen molar-refractivity contribution in [3.05, 3.63) is 80.8 Å². The number of aliphatic hydroxyl groups excluding tert-OH is 1. The lowest BCUT2D eigenvalue weighted by Gasteiger charge is -2.23. The molecule has 3 aromatic rings. The number of ketones is 1. The summed E-state index contributed by atoms with van der Waals surface area (Å²) in [7, 11) is 1.46. The Bertz CT molecular complexity index is 1350. The van der Waals surface area contributed by atoms with Crippen molar-refractivity contribution in [1.82, 2.24) is 4.98 Å². The minimum absolute atomic E-state index is 0.118. The Kier molecular flexibility index (Phi) is 6.90. The molecule has 4 rings (SSSR count). The van der Waals surface area contributed by atoms with Gasteiger partial charge in [-0.05, 0) is 37.6 Å². The molecule has 1 atom stereocenters. The number of carbonyl (C=O) groups excluding carboxylic acids is 3. The van der Waals surface area contributed by atoms with Crippen LogP contribution in [0, 0.1) is 6.92 Å². The van der Waals surface area contributed by atoms with E-state index in [1.54, 1.807) is 56.3 Å². The van der Waals surface area contributed by atoms with Crippen molar-refractivity contribution in [2.75, 3.05) is 18.6 Å². The highest BCUT2D eigenvalue weighted by atomic mass is 35.5. The predicted octanol–water partition coefficient (Wildman–Crippen LogP) is 4.92. The van der Waals surface area contributed by atoms with Gasteiger partial charge < -0.3 is 14.6 Å². The van der Waals surface area contributed by atoms with Crippen molar-refractivity contribution >= 4 is 51.5 Å². The lowest BCUT2D eigenvalue weighted by molar-refractivity contribution is -0.132. The zero-order chi connectivity index (χ0) is 25.3. The molecule has 180 valence electrons. The quantitative estimate of drug-likeness (QED) is 0.216. The van der Waals surface area contributed by atoms with E-state index in [9.17, 15) is 19.5 Å². The molecule has 8 nitrogen and oxygen atoms in total. The van der Waals surface area contributed by atoms with E-state index < -0.39 is 23.7 Å². The summed E-state index contributed by atoms with van der Waals surface area (Å²) in [4.78, 5) is 44.7. The standard InChI is InChI=1S/C25H21ClN2O6S/c1-4-34-24(32)22-13(2)27-25(35-22)28-19(14-8-6-5-7-9-14)18(21(30)23(28)31)20(29)15-10-11-17(33-3)16(26)12-15/h5-12,19,29H,4H2,1-3H3/t19-/m1/s1. The first-order valence-corrected chi connectivity index (χ1v) is 11.8. The number of nitrogens with zero attached hydrogens (tertiary/aromatic N) is 2. The number of rotatable bonds is 6. The minimum atomic E-state index is -0.974. The molecule has 1 N–H and O–H groups in total. The monoisotopic (exact) mass is 512 g/mol. The first kappa shape index (κ1) is 24.4. The van der Waals surface area contributed by atoms with E-state index in [0.29, 0.717) is 17.0 Å². The third-order valence-electron chi connectivity index (χ3n) is 5.44. The summed E-state index contributed by atoms with van der Waals surface area (Å²) in [6.07, 6.45) is 0. The summed E-state index contributed by atoms with van der Waals surface area (Å²) >= 11 is 7.18. The van der Waals surface area contributed by atoms with Crippen LogP contribution in [-0.2, 0) is 14.3 Å². The van der Waals surface area contributed by atoms with Crippen LogP contribution < -0.4 is 9.64 Å². The van der Waals surface area contributed by atoms with Gasteiger partial charge in [0.2, 0.25) is 0 Å². The van der Waals surface area contributed by atoms with Gasteiger partial charge in [0.25, 0.3) is 5.78 Å². The molecule has 0 bridgehead atoms. The molecule has 1 aliphatic rings. The Morgan fingerprint density at radius 2 is 1.91 bits per heavy atom. The number of hydrogen-bond acceptors (Lipinski definition) is 8. The molecule has 0 radical (unpaired) electrons. The summed E-state index contributed by atoms with van der Waals surface area (Å²) in [5.41, 5.74) is 1.09. The van der Waals surface area contributed by atoms with Gasteiger partial charge in [-0.3, -0.25) is 14.5 Å². The average molecular weight is 513 g/mol. The second-order valence-corrected chi connectivity index (χ2v) is 8.95. The number of amides is 1. The number of hydrogen-bond donors (Lipinski definition) is 1. The second kappa shape index (κ2) is 9.89. The van der Waals surface area contributed by atoms with Crippen molar-refractivity contribution < 1.29 is 29.0 Å². The fourth-order valence-corrected chi connectivity index (χ4v) is 5.07. The lowest BCUT2D eigenvalue weighted by atomic mass is 9.95. The fourth-order valence-electron chi connectivity index (χ4n) is 3.82. The van der Waals surface area contributed by atoms with E-state index in [1.165, 1.54) is 18.1 Å². The maximum absolute atomic E-state index is 13.3. The molecule has 1 aliphatic heterocycles. The highest BCUT2D eigenvalue weighted by molar-refractivity contribution is 7.17. The van der Waals surface area contributed by atoms with E-state index in [0.717, 1.165) is 11.3 Å². The third kappa shape index (κ3) is 4.40. The molecule has 0 saturated carbocycles. The van der Waals surface area contributed by atoms with Gasteiger partial charge in [0, 0.05) is 5.56 Å². The number of carbonyl (C=O) groups is 3. The number of halogens is 1. The van der Waals surface area contributed by atoms with E-state index >= 15 is 0 Å². The fraction of sp³-hybridized carbons (Fsp3) is 0.200. The van der Waals surface area contributed by atoms with Crippen molar-refractivity contribution in [3.63, 3.8) is 0 Å². The Morgan fingerprint density at radius 3 is 2.54 bits per heavy atom. The maximum Gasteiger partial charge on any atom is 0.350 e. The molecular formula is C25H21ClN2O6S. The van der Waals surface area contributed by atoms with Crippen LogP contribution in [0.3, 0.4) is 0 Å². The Labute approximate surface area is 210 Å². The van der Waals surface area contributed by atoms with Gasteiger partial charge in [0.05, 0.1) is 36.0 Å². The van der Waals surface area contributed by atoms with E-state index in [4.69, 9.17) is 21.1 Å². The molecule has 1 fully saturated rings. The molecule has 2 aromatic carbocycles. The third-order valence-corrected chi connectivity index (χ3v) is 6.87. The van der Waals surface area contributed by atoms with Crippen molar-refractivity contribution in [3.8, 4) is 5.75 Å². The number of thiazole rings is 1. The molecular weight excluding hydrogens is 492 g/mol. The van der Waals surface area contributed by atoms with Gasteiger partial charge in [0.15, 0.2) is 5.13 Å². The Balaban J connectivity index is 1.89. The summed E-state index contributed by atoms with van der Waals surface area (Å²) in [5, 5.41) is 11.6. The molecule has 0 spiro atoms. The smallest absolute Gasteiger partial charge is 0.350 e. The number of benzene rings is 2. The van der Waals surface area contributed by atoms with E-state index in [-0.39, 0.29) is 38.5 Å². The zero-order valence-electron chi connectivity index (χ0n) is 19.1. The largest absolute Gasteiger partial charge is 0.507 e. The SMILES string of the molecule is CCOC(=O)c1sc(N2C(=O)C(=O)C(=C(O)c3ccc(OC)c(Cl)c3)[C@H]2c2ccccc2)nc1C. The molecule has 0 aliphatic carbocycles. The van der Waals surface area contributed by atoms with Gasteiger partial charge in [-0.25, -0.2) is 9.78 Å². The van der Waals surface area contributed by atoms with Crippen LogP contribution >= 0.6 is 22.9 Å². The number of anilines is 1. The van der Waals surface area contributed by atoms with Gasteiger partial charge in [-0.1, -0.05) is 53.3 Å². The van der Waals surface area contributed by atoms with E-state index in [2.05, 4.69) is 4.98 Å². The van der Waals surface area contributed by atoms with E-state index in [1.807, 2.05) is 0 Å².